The molecule has 1 aromatic rings. The molecule has 0 atom stereocenters. The van der Waals surface area contributed by atoms with Crippen LogP contribution in [0.4, 0.5) is 0 Å². The smallest absolute Gasteiger partial charge is 0.338 e. The topological polar surface area (TPSA) is 73.9 Å². The molecule has 6 nitrogen and oxygen atoms in total. The van der Waals surface area contributed by atoms with Crippen molar-refractivity contribution in [2.75, 3.05) is 19.9 Å². The van der Waals surface area contributed by atoms with E-state index < -0.39 is 5.97 Å². The molecular weight excluding hydrogens is 310 g/mol. The van der Waals surface area contributed by atoms with E-state index in [1.54, 1.807) is 18.2 Å². The van der Waals surface area contributed by atoms with Crippen LogP contribution in [0, 0.1) is 0 Å². The molecular formula is C18H21NO5. The maximum Gasteiger partial charge on any atom is 0.338 e. The second-order valence-electron chi connectivity index (χ2n) is 5.85. The van der Waals surface area contributed by atoms with Gasteiger partial charge in [0, 0.05) is 6.54 Å². The lowest BCUT2D eigenvalue weighted by molar-refractivity contribution is -0.124. The highest BCUT2D eigenvalue weighted by Gasteiger charge is 2.17. The van der Waals surface area contributed by atoms with Crippen LogP contribution in [0.15, 0.2) is 29.8 Å². The first-order chi connectivity index (χ1) is 11.7. The molecule has 0 unspecified atom stereocenters. The number of carbonyl (C=O) groups excluding carboxylic acids is 2. The zero-order valence-corrected chi connectivity index (χ0v) is 13.5. The van der Waals surface area contributed by atoms with Crippen LogP contribution in [-0.2, 0) is 9.53 Å². The van der Waals surface area contributed by atoms with Crippen LogP contribution in [0.25, 0.3) is 0 Å². The molecule has 0 bridgehead atoms. The molecule has 0 saturated heterocycles. The highest BCUT2D eigenvalue weighted by atomic mass is 16.7. The van der Waals surface area contributed by atoms with E-state index in [-0.39, 0.29) is 19.3 Å². The summed E-state index contributed by atoms with van der Waals surface area (Å²) in [6, 6.07) is 4.79. The maximum atomic E-state index is 12.0. The zero-order chi connectivity index (χ0) is 16.8. The number of benzene rings is 1. The molecule has 128 valence electrons. The largest absolute Gasteiger partial charge is 0.454 e. The Morgan fingerprint density at radius 2 is 2.04 bits per heavy atom. The maximum absolute atomic E-state index is 12.0. The molecule has 0 spiro atoms. The quantitative estimate of drug-likeness (QED) is 0.641. The number of rotatable bonds is 6. The summed E-state index contributed by atoms with van der Waals surface area (Å²) in [5, 5.41) is 2.78. The van der Waals surface area contributed by atoms with Crippen molar-refractivity contribution < 1.29 is 23.8 Å². The Labute approximate surface area is 140 Å². The highest BCUT2D eigenvalue weighted by Crippen LogP contribution is 2.32. The van der Waals surface area contributed by atoms with Gasteiger partial charge in [0.05, 0.1) is 5.56 Å². The van der Waals surface area contributed by atoms with Crippen molar-refractivity contribution in [3.8, 4) is 11.5 Å². The van der Waals surface area contributed by atoms with E-state index in [1.807, 2.05) is 0 Å². The number of hydrogen-bond acceptors (Lipinski definition) is 5. The number of ether oxygens (including phenoxy) is 3. The van der Waals surface area contributed by atoms with Gasteiger partial charge in [-0.3, -0.25) is 4.79 Å². The van der Waals surface area contributed by atoms with E-state index in [9.17, 15) is 9.59 Å². The highest BCUT2D eigenvalue weighted by molar-refractivity contribution is 5.92. The molecule has 0 fully saturated rings. The van der Waals surface area contributed by atoms with E-state index in [0.717, 1.165) is 19.3 Å². The minimum atomic E-state index is -0.557. The predicted molar refractivity (Wildman–Crippen MR) is 87.0 cm³/mol. The second kappa shape index (κ2) is 7.86. The third kappa shape index (κ3) is 4.28. The summed E-state index contributed by atoms with van der Waals surface area (Å²) in [7, 11) is 0. The fourth-order valence-electron chi connectivity index (χ4n) is 2.78. The summed E-state index contributed by atoms with van der Waals surface area (Å²) in [6.07, 6.45) is 7.86. The summed E-state index contributed by atoms with van der Waals surface area (Å²) >= 11 is 0. The number of fused-ring (bicyclic) bond motifs is 1. The van der Waals surface area contributed by atoms with Gasteiger partial charge in [0.1, 0.15) is 0 Å². The van der Waals surface area contributed by atoms with Crippen molar-refractivity contribution in [3.05, 3.63) is 35.4 Å². The molecule has 3 rings (SSSR count). The van der Waals surface area contributed by atoms with Crippen molar-refractivity contribution >= 4 is 11.9 Å². The summed E-state index contributed by atoms with van der Waals surface area (Å²) in [5.74, 6) is 0.259. The van der Waals surface area contributed by atoms with Crippen LogP contribution in [0.1, 0.15) is 42.5 Å². The molecule has 0 aromatic heterocycles. The first-order valence-corrected chi connectivity index (χ1v) is 8.24. The Kier molecular flexibility index (Phi) is 5.36. The molecule has 6 heteroatoms. The monoisotopic (exact) mass is 331 g/mol. The number of nitrogens with one attached hydrogen (secondary N) is 1. The molecule has 24 heavy (non-hydrogen) atoms. The molecule has 1 aliphatic carbocycles. The summed E-state index contributed by atoms with van der Waals surface area (Å²) in [4.78, 5) is 23.7. The van der Waals surface area contributed by atoms with E-state index in [4.69, 9.17) is 14.2 Å². The molecule has 1 N–H and O–H groups in total. The molecule has 1 heterocycles. The lowest BCUT2D eigenvalue weighted by Crippen LogP contribution is -2.29. The predicted octanol–water partition coefficient (Wildman–Crippen LogP) is 2.58. The Hall–Kier alpha value is -2.50. The van der Waals surface area contributed by atoms with Gasteiger partial charge in [0.2, 0.25) is 6.79 Å². The van der Waals surface area contributed by atoms with Crippen molar-refractivity contribution in [1.82, 2.24) is 5.32 Å². The second-order valence-corrected chi connectivity index (χ2v) is 5.85. The third-order valence-corrected chi connectivity index (χ3v) is 4.10. The fourth-order valence-corrected chi connectivity index (χ4v) is 2.78. The first-order valence-electron chi connectivity index (χ1n) is 8.24. The number of allylic oxidation sites excluding steroid dienone is 1. The first kappa shape index (κ1) is 16.4. The average molecular weight is 331 g/mol. The standard InChI is InChI=1S/C18H21NO5/c20-17(19-9-8-13-4-2-1-3-5-13)11-22-18(21)14-6-7-15-16(10-14)24-12-23-15/h4,6-7,10H,1-3,5,8-9,11-12H2,(H,19,20). The van der Waals surface area contributed by atoms with Gasteiger partial charge in [0.25, 0.3) is 5.91 Å². The van der Waals surface area contributed by atoms with E-state index in [0.29, 0.717) is 23.6 Å². The molecule has 0 saturated carbocycles. The number of carbonyl (C=O) groups is 2. The van der Waals surface area contributed by atoms with Crippen LogP contribution in [0.2, 0.25) is 0 Å². The van der Waals surface area contributed by atoms with Gasteiger partial charge >= 0.3 is 5.97 Å². The van der Waals surface area contributed by atoms with Crippen LogP contribution in [-0.4, -0.2) is 31.8 Å². The van der Waals surface area contributed by atoms with Gasteiger partial charge in [-0.15, -0.1) is 0 Å². The van der Waals surface area contributed by atoms with Crippen LogP contribution < -0.4 is 14.8 Å². The van der Waals surface area contributed by atoms with Crippen LogP contribution >= 0.6 is 0 Å². The molecule has 1 amide bonds. The minimum Gasteiger partial charge on any atom is -0.454 e. The van der Waals surface area contributed by atoms with Gasteiger partial charge in [-0.25, -0.2) is 4.79 Å². The Bertz CT molecular complexity index is 653. The summed E-state index contributed by atoms with van der Waals surface area (Å²) in [5.41, 5.74) is 1.73. The molecule has 0 radical (unpaired) electrons. The van der Waals surface area contributed by atoms with Crippen molar-refractivity contribution in [2.45, 2.75) is 32.1 Å². The van der Waals surface area contributed by atoms with Gasteiger partial charge in [-0.05, 0) is 50.3 Å². The Morgan fingerprint density at radius 1 is 1.17 bits per heavy atom. The summed E-state index contributed by atoms with van der Waals surface area (Å²) in [6.45, 7) is 0.436. The number of amides is 1. The van der Waals surface area contributed by atoms with Crippen LogP contribution in [0.3, 0.4) is 0 Å². The SMILES string of the molecule is O=C(COC(=O)c1ccc2c(c1)OCO2)NCCC1=CCCCC1. The van der Waals surface area contributed by atoms with Gasteiger partial charge in [-0.2, -0.15) is 0 Å². The van der Waals surface area contributed by atoms with E-state index in [2.05, 4.69) is 11.4 Å². The summed E-state index contributed by atoms with van der Waals surface area (Å²) < 4.78 is 15.4. The van der Waals surface area contributed by atoms with Crippen molar-refractivity contribution in [3.63, 3.8) is 0 Å². The fraction of sp³-hybridized carbons (Fsp3) is 0.444. The third-order valence-electron chi connectivity index (χ3n) is 4.10. The van der Waals surface area contributed by atoms with Gasteiger partial charge < -0.3 is 19.5 Å². The Morgan fingerprint density at radius 3 is 2.88 bits per heavy atom. The van der Waals surface area contributed by atoms with Gasteiger partial charge in [0.15, 0.2) is 18.1 Å². The number of esters is 1. The Balaban J connectivity index is 1.39. The molecule has 1 aromatic carbocycles. The van der Waals surface area contributed by atoms with Crippen molar-refractivity contribution in [2.24, 2.45) is 0 Å². The van der Waals surface area contributed by atoms with Gasteiger partial charge in [-0.1, -0.05) is 11.6 Å². The van der Waals surface area contributed by atoms with E-state index in [1.165, 1.54) is 18.4 Å². The minimum absolute atomic E-state index is 0.146. The normalized spacial score (nSPS) is 15.6. The van der Waals surface area contributed by atoms with Crippen molar-refractivity contribution in [1.29, 1.82) is 0 Å². The molecule has 2 aliphatic rings. The average Bonchev–Trinajstić information content (AvgIpc) is 3.08. The lowest BCUT2D eigenvalue weighted by Gasteiger charge is -2.13. The lowest BCUT2D eigenvalue weighted by atomic mass is 9.97. The van der Waals surface area contributed by atoms with Crippen LogP contribution in [0.5, 0.6) is 11.5 Å². The zero-order valence-electron chi connectivity index (χ0n) is 13.5. The number of hydrogen-bond donors (Lipinski definition) is 1. The molecule has 1 aliphatic heterocycles. The van der Waals surface area contributed by atoms with E-state index >= 15 is 0 Å².